The van der Waals surface area contributed by atoms with Crippen molar-refractivity contribution in [3.63, 3.8) is 0 Å². The molecule has 5 aromatic rings. The van der Waals surface area contributed by atoms with Crippen LogP contribution >= 0.6 is 0 Å². The average molecular weight is 528 g/mol. The van der Waals surface area contributed by atoms with E-state index in [0.29, 0.717) is 6.61 Å². The molecule has 1 unspecified atom stereocenters. The van der Waals surface area contributed by atoms with Crippen LogP contribution in [0.25, 0.3) is 0 Å². The topological polar surface area (TPSA) is 21.7 Å². The van der Waals surface area contributed by atoms with E-state index >= 15 is 0 Å². The number of ether oxygens (including phenoxy) is 2. The van der Waals surface area contributed by atoms with Crippen LogP contribution in [0.5, 0.6) is 11.5 Å². The molecular formula is C37H37NO2. The molecule has 0 saturated heterocycles. The number of benzene rings is 5. The summed E-state index contributed by atoms with van der Waals surface area (Å²) in [5.74, 6) is 1.73. The van der Waals surface area contributed by atoms with Crippen molar-refractivity contribution in [1.82, 2.24) is 0 Å². The lowest BCUT2D eigenvalue weighted by atomic mass is 9.71. The lowest BCUT2D eigenvalue weighted by Crippen LogP contribution is -2.25. The summed E-state index contributed by atoms with van der Waals surface area (Å²) in [6, 6.07) is 43.2. The molecule has 0 radical (unpaired) electrons. The monoisotopic (exact) mass is 527 g/mol. The van der Waals surface area contributed by atoms with Gasteiger partial charge in [-0.25, -0.2) is 0 Å². The highest BCUT2D eigenvalue weighted by molar-refractivity contribution is 5.77. The Morgan fingerprint density at radius 2 is 0.875 bits per heavy atom. The Balaban J connectivity index is 1.60. The molecule has 202 valence electrons. The SMILES string of the molecule is CCOc1ccc(C(C)(c2ccc(OC)cc2)c2ccc(N(c3ccc(C)cc3)c3ccc(C)cc3)cc2)cc1. The number of rotatable bonds is 9. The lowest BCUT2D eigenvalue weighted by Gasteiger charge is -2.33. The van der Waals surface area contributed by atoms with Crippen LogP contribution in [0.15, 0.2) is 121 Å². The predicted molar refractivity (Wildman–Crippen MR) is 167 cm³/mol. The first-order valence-corrected chi connectivity index (χ1v) is 13.8. The Morgan fingerprint density at radius 3 is 1.25 bits per heavy atom. The van der Waals surface area contributed by atoms with E-state index in [1.807, 2.05) is 19.1 Å². The van der Waals surface area contributed by atoms with E-state index in [-0.39, 0.29) is 5.41 Å². The van der Waals surface area contributed by atoms with E-state index < -0.39 is 0 Å². The van der Waals surface area contributed by atoms with Crippen molar-refractivity contribution in [2.24, 2.45) is 0 Å². The number of nitrogens with zero attached hydrogens (tertiary/aromatic N) is 1. The van der Waals surface area contributed by atoms with Gasteiger partial charge in [0.15, 0.2) is 0 Å². The van der Waals surface area contributed by atoms with Crippen molar-refractivity contribution in [2.45, 2.75) is 33.1 Å². The van der Waals surface area contributed by atoms with Gasteiger partial charge in [-0.05, 0) is 105 Å². The van der Waals surface area contributed by atoms with Crippen LogP contribution in [0.4, 0.5) is 17.1 Å². The largest absolute Gasteiger partial charge is 0.497 e. The van der Waals surface area contributed by atoms with Gasteiger partial charge in [0.2, 0.25) is 0 Å². The first-order chi connectivity index (χ1) is 19.4. The van der Waals surface area contributed by atoms with Crippen LogP contribution in [0.1, 0.15) is 41.7 Å². The minimum absolute atomic E-state index is 0.381. The maximum absolute atomic E-state index is 5.73. The zero-order valence-corrected chi connectivity index (χ0v) is 24.0. The van der Waals surface area contributed by atoms with E-state index in [0.717, 1.165) is 28.6 Å². The van der Waals surface area contributed by atoms with Crippen molar-refractivity contribution < 1.29 is 9.47 Å². The zero-order chi connectivity index (χ0) is 28.1. The molecule has 40 heavy (non-hydrogen) atoms. The third-order valence-electron chi connectivity index (χ3n) is 7.70. The summed E-state index contributed by atoms with van der Waals surface area (Å²) in [7, 11) is 1.70. The van der Waals surface area contributed by atoms with Gasteiger partial charge >= 0.3 is 0 Å². The van der Waals surface area contributed by atoms with Gasteiger partial charge in [-0.1, -0.05) is 71.8 Å². The molecule has 0 heterocycles. The Kier molecular flexibility index (Phi) is 7.93. The molecule has 0 fully saturated rings. The Morgan fingerprint density at radius 1 is 0.525 bits per heavy atom. The summed E-state index contributed by atoms with van der Waals surface area (Å²) in [5.41, 5.74) is 9.08. The minimum atomic E-state index is -0.381. The second kappa shape index (κ2) is 11.7. The molecule has 0 aliphatic heterocycles. The van der Waals surface area contributed by atoms with Crippen LogP contribution < -0.4 is 14.4 Å². The molecule has 0 saturated carbocycles. The minimum Gasteiger partial charge on any atom is -0.497 e. The maximum Gasteiger partial charge on any atom is 0.119 e. The average Bonchev–Trinajstić information content (AvgIpc) is 3.00. The van der Waals surface area contributed by atoms with Crippen molar-refractivity contribution in [1.29, 1.82) is 0 Å². The van der Waals surface area contributed by atoms with Crippen LogP contribution in [0, 0.1) is 13.8 Å². The molecule has 0 amide bonds. The van der Waals surface area contributed by atoms with Crippen molar-refractivity contribution in [3.8, 4) is 11.5 Å². The van der Waals surface area contributed by atoms with Gasteiger partial charge in [0.25, 0.3) is 0 Å². The lowest BCUT2D eigenvalue weighted by molar-refractivity contribution is 0.340. The summed E-state index contributed by atoms with van der Waals surface area (Å²) in [5, 5.41) is 0. The standard InChI is InChI=1S/C37H37NO2/c1-6-40-36-25-15-31(16-26-36)37(4,30-13-23-35(39-5)24-14-30)29-11-21-34(22-12-29)38(32-17-7-27(2)8-18-32)33-19-9-28(3)10-20-33/h7-26H,6H2,1-5H3. The fourth-order valence-electron chi connectivity index (χ4n) is 5.25. The van der Waals surface area contributed by atoms with E-state index in [1.54, 1.807) is 7.11 Å². The normalized spacial score (nSPS) is 12.4. The number of methoxy groups -OCH3 is 1. The third kappa shape index (κ3) is 5.46. The first-order valence-electron chi connectivity index (χ1n) is 13.8. The second-order valence-corrected chi connectivity index (χ2v) is 10.4. The summed E-state index contributed by atoms with van der Waals surface area (Å²) < 4.78 is 11.2. The first kappa shape index (κ1) is 27.1. The summed E-state index contributed by atoms with van der Waals surface area (Å²) in [6.45, 7) is 9.19. The summed E-state index contributed by atoms with van der Waals surface area (Å²) >= 11 is 0. The molecule has 3 heteroatoms. The highest BCUT2D eigenvalue weighted by Gasteiger charge is 2.31. The molecule has 0 aliphatic rings. The van der Waals surface area contributed by atoms with Gasteiger partial charge in [-0.15, -0.1) is 0 Å². The number of anilines is 3. The predicted octanol–water partition coefficient (Wildman–Crippen LogP) is 9.53. The fourth-order valence-corrected chi connectivity index (χ4v) is 5.25. The van der Waals surface area contributed by atoms with E-state index in [9.17, 15) is 0 Å². The van der Waals surface area contributed by atoms with E-state index in [4.69, 9.17) is 9.47 Å². The van der Waals surface area contributed by atoms with Crippen LogP contribution in [-0.4, -0.2) is 13.7 Å². The zero-order valence-electron chi connectivity index (χ0n) is 24.0. The number of hydrogen-bond donors (Lipinski definition) is 0. The smallest absolute Gasteiger partial charge is 0.119 e. The Hall–Kier alpha value is -4.50. The summed E-state index contributed by atoms with van der Waals surface area (Å²) in [6.07, 6.45) is 0. The van der Waals surface area contributed by atoms with Gasteiger partial charge in [-0.3, -0.25) is 0 Å². The highest BCUT2D eigenvalue weighted by Crippen LogP contribution is 2.42. The van der Waals surface area contributed by atoms with Crippen molar-refractivity contribution in [3.05, 3.63) is 149 Å². The molecule has 0 N–H and O–H groups in total. The molecule has 0 aliphatic carbocycles. The van der Waals surface area contributed by atoms with Crippen LogP contribution in [0.3, 0.4) is 0 Å². The fraction of sp³-hybridized carbons (Fsp3) is 0.189. The molecular weight excluding hydrogens is 490 g/mol. The van der Waals surface area contributed by atoms with E-state index in [1.165, 1.54) is 27.8 Å². The van der Waals surface area contributed by atoms with Crippen molar-refractivity contribution >= 4 is 17.1 Å². The third-order valence-corrected chi connectivity index (χ3v) is 7.70. The summed E-state index contributed by atoms with van der Waals surface area (Å²) in [4.78, 5) is 2.31. The van der Waals surface area contributed by atoms with Gasteiger partial charge in [0.05, 0.1) is 13.7 Å². The Labute approximate surface area is 238 Å². The molecule has 0 aromatic heterocycles. The van der Waals surface area contributed by atoms with Crippen molar-refractivity contribution in [2.75, 3.05) is 18.6 Å². The number of aryl methyl sites for hydroxylation is 2. The van der Waals surface area contributed by atoms with Gasteiger partial charge in [0, 0.05) is 22.5 Å². The molecule has 5 aromatic carbocycles. The van der Waals surface area contributed by atoms with Gasteiger partial charge in [0.1, 0.15) is 11.5 Å². The molecule has 0 spiro atoms. The van der Waals surface area contributed by atoms with Gasteiger partial charge in [-0.2, -0.15) is 0 Å². The van der Waals surface area contributed by atoms with Crippen LogP contribution in [0.2, 0.25) is 0 Å². The maximum atomic E-state index is 5.73. The molecule has 1 atom stereocenters. The number of hydrogen-bond acceptors (Lipinski definition) is 3. The quantitative estimate of drug-likeness (QED) is 0.178. The second-order valence-electron chi connectivity index (χ2n) is 10.4. The Bertz CT molecular complexity index is 1480. The van der Waals surface area contributed by atoms with E-state index in [2.05, 4.69) is 135 Å². The molecule has 0 bridgehead atoms. The van der Waals surface area contributed by atoms with Crippen LogP contribution in [-0.2, 0) is 5.41 Å². The highest BCUT2D eigenvalue weighted by atomic mass is 16.5. The molecule has 5 rings (SSSR count). The van der Waals surface area contributed by atoms with Gasteiger partial charge < -0.3 is 14.4 Å². The molecule has 3 nitrogen and oxygen atoms in total.